The number of rotatable bonds is 3. The topological polar surface area (TPSA) is 0 Å². The molecule has 0 unspecified atom stereocenters. The van der Waals surface area contributed by atoms with Crippen LogP contribution < -0.4 is 0 Å². The monoisotopic (exact) mass is 354 g/mol. The van der Waals surface area contributed by atoms with Gasteiger partial charge in [-0.15, -0.1) is 0 Å². The van der Waals surface area contributed by atoms with Gasteiger partial charge in [0.1, 0.15) is 0 Å². The molecule has 0 aliphatic heterocycles. The van der Waals surface area contributed by atoms with E-state index < -0.39 is 0 Å². The molecule has 0 heteroatoms. The maximum absolute atomic E-state index is 2.32. The van der Waals surface area contributed by atoms with Crippen molar-refractivity contribution in [2.24, 2.45) is 0 Å². The summed E-state index contributed by atoms with van der Waals surface area (Å²) in [4.78, 5) is 0. The van der Waals surface area contributed by atoms with Crippen LogP contribution in [0, 0.1) is 0 Å². The van der Waals surface area contributed by atoms with Crippen molar-refractivity contribution in [2.45, 2.75) is 47.0 Å². The second-order valence-corrected chi connectivity index (χ2v) is 7.23. The maximum atomic E-state index is 2.32. The number of benzene rings is 4. The molecule has 27 heavy (non-hydrogen) atoms. The summed E-state index contributed by atoms with van der Waals surface area (Å²) < 4.78 is 0. The fraction of sp³-hybridized carbons (Fsp3) is 0.259. The van der Waals surface area contributed by atoms with E-state index in [1.165, 1.54) is 43.8 Å². The van der Waals surface area contributed by atoms with Gasteiger partial charge in [-0.25, -0.2) is 0 Å². The van der Waals surface area contributed by atoms with E-state index in [4.69, 9.17) is 0 Å². The summed E-state index contributed by atoms with van der Waals surface area (Å²) in [6.45, 7) is 10.7. The molecule has 0 nitrogen and oxygen atoms in total. The number of hydrogen-bond acceptors (Lipinski definition) is 0. The summed E-state index contributed by atoms with van der Waals surface area (Å²) in [6, 6.07) is 27.2. The van der Waals surface area contributed by atoms with Crippen LogP contribution in [0.25, 0.3) is 32.7 Å². The predicted molar refractivity (Wildman–Crippen MR) is 122 cm³/mol. The first kappa shape index (κ1) is 19.2. The Morgan fingerprint density at radius 3 is 1.63 bits per heavy atom. The van der Waals surface area contributed by atoms with Crippen molar-refractivity contribution in [2.75, 3.05) is 0 Å². The van der Waals surface area contributed by atoms with E-state index in [9.17, 15) is 0 Å². The quantitative estimate of drug-likeness (QED) is 0.346. The van der Waals surface area contributed by atoms with Crippen LogP contribution in [0.3, 0.4) is 0 Å². The van der Waals surface area contributed by atoms with Crippen LogP contribution in [0.2, 0.25) is 0 Å². The molecule has 0 aromatic heterocycles. The lowest BCUT2D eigenvalue weighted by Gasteiger charge is -2.10. The van der Waals surface area contributed by atoms with E-state index in [-0.39, 0.29) is 0 Å². The van der Waals surface area contributed by atoms with Crippen molar-refractivity contribution in [1.82, 2.24) is 0 Å². The zero-order valence-electron chi connectivity index (χ0n) is 17.2. The number of aryl methyl sites for hydroxylation is 1. The van der Waals surface area contributed by atoms with Gasteiger partial charge in [0.15, 0.2) is 0 Å². The molecule has 138 valence electrons. The largest absolute Gasteiger partial charge is 0.0683 e. The normalized spacial score (nSPS) is 10.9. The van der Waals surface area contributed by atoms with Crippen LogP contribution >= 0.6 is 0 Å². The van der Waals surface area contributed by atoms with Crippen molar-refractivity contribution in [3.8, 4) is 11.1 Å². The first-order chi connectivity index (χ1) is 13.1. The van der Waals surface area contributed by atoms with Crippen molar-refractivity contribution in [3.63, 3.8) is 0 Å². The Labute approximate surface area is 163 Å². The first-order valence-corrected chi connectivity index (χ1v) is 10.2. The molecular weight excluding hydrogens is 324 g/mol. The zero-order chi connectivity index (χ0) is 19.4. The Balaban J connectivity index is 0.00000102. The summed E-state index contributed by atoms with van der Waals surface area (Å²) in [5.41, 5.74) is 5.36. The maximum Gasteiger partial charge on any atom is -0.0177 e. The second kappa shape index (κ2) is 8.39. The number of fused-ring (bicyclic) bond motifs is 2. The Morgan fingerprint density at radius 1 is 0.593 bits per heavy atom. The molecule has 0 fully saturated rings. The molecular formula is C27H30. The van der Waals surface area contributed by atoms with Gasteiger partial charge in [0.2, 0.25) is 0 Å². The third kappa shape index (κ3) is 4.06. The molecule has 0 saturated carbocycles. The minimum atomic E-state index is 0.567. The molecule has 0 radical (unpaired) electrons. The van der Waals surface area contributed by atoms with Gasteiger partial charge < -0.3 is 0 Å². The van der Waals surface area contributed by atoms with E-state index in [0.29, 0.717) is 5.92 Å². The van der Waals surface area contributed by atoms with Gasteiger partial charge in [0, 0.05) is 0 Å². The average molecular weight is 355 g/mol. The Hall–Kier alpha value is -2.60. The smallest absolute Gasteiger partial charge is 0.0177 e. The lowest BCUT2D eigenvalue weighted by molar-refractivity contribution is 0.869. The third-order valence-corrected chi connectivity index (χ3v) is 5.18. The fourth-order valence-corrected chi connectivity index (χ4v) is 3.50. The Bertz CT molecular complexity index is 1050. The van der Waals surface area contributed by atoms with E-state index in [2.05, 4.69) is 93.6 Å². The molecule has 0 atom stereocenters. The van der Waals surface area contributed by atoms with Crippen LogP contribution in [0.4, 0.5) is 0 Å². The van der Waals surface area contributed by atoms with Crippen LogP contribution in [0.1, 0.15) is 51.7 Å². The van der Waals surface area contributed by atoms with Crippen molar-refractivity contribution in [1.29, 1.82) is 0 Å². The van der Waals surface area contributed by atoms with Crippen LogP contribution in [0.5, 0.6) is 0 Å². The van der Waals surface area contributed by atoms with Gasteiger partial charge in [-0.2, -0.15) is 0 Å². The van der Waals surface area contributed by atoms with Crippen molar-refractivity contribution < 1.29 is 0 Å². The lowest BCUT2D eigenvalue weighted by Crippen LogP contribution is -1.87. The minimum absolute atomic E-state index is 0.567. The van der Waals surface area contributed by atoms with Crippen molar-refractivity contribution >= 4 is 21.5 Å². The number of hydrogen-bond donors (Lipinski definition) is 0. The van der Waals surface area contributed by atoms with Gasteiger partial charge in [-0.1, -0.05) is 95.3 Å². The third-order valence-electron chi connectivity index (χ3n) is 5.18. The molecule has 0 saturated heterocycles. The van der Waals surface area contributed by atoms with Crippen molar-refractivity contribution in [3.05, 3.63) is 83.9 Å². The summed E-state index contributed by atoms with van der Waals surface area (Å²) in [5, 5.41) is 5.27. The highest BCUT2D eigenvalue weighted by atomic mass is 14.1. The zero-order valence-corrected chi connectivity index (χ0v) is 17.2. The molecule has 0 N–H and O–H groups in total. The van der Waals surface area contributed by atoms with Crippen LogP contribution in [0.15, 0.2) is 72.8 Å². The van der Waals surface area contributed by atoms with Crippen LogP contribution in [-0.2, 0) is 6.42 Å². The van der Waals surface area contributed by atoms with E-state index in [0.717, 1.165) is 6.42 Å². The fourth-order valence-electron chi connectivity index (χ4n) is 3.50. The highest BCUT2D eigenvalue weighted by Gasteiger charge is 2.04. The first-order valence-electron chi connectivity index (χ1n) is 10.2. The summed E-state index contributed by atoms with van der Waals surface area (Å²) >= 11 is 0. The van der Waals surface area contributed by atoms with Gasteiger partial charge >= 0.3 is 0 Å². The van der Waals surface area contributed by atoms with E-state index in [1.807, 2.05) is 13.8 Å². The van der Waals surface area contributed by atoms with Gasteiger partial charge in [0.05, 0.1) is 0 Å². The van der Waals surface area contributed by atoms with Gasteiger partial charge in [-0.05, 0) is 68.3 Å². The predicted octanol–water partition coefficient (Wildman–Crippen LogP) is 8.37. The standard InChI is InChI=1S/C25H24.C2H6/c1-4-18-5-6-21-15-24(10-9-20(21)13-18)25-12-11-22-14-19(17(2)3)7-8-23(22)16-25;1-2/h5-17H,4H2,1-3H3;1-2H3. The molecule has 4 aromatic carbocycles. The Morgan fingerprint density at radius 2 is 1.07 bits per heavy atom. The second-order valence-electron chi connectivity index (χ2n) is 7.23. The average Bonchev–Trinajstić information content (AvgIpc) is 2.73. The molecule has 0 bridgehead atoms. The lowest BCUT2D eigenvalue weighted by atomic mass is 9.95. The SMILES string of the molecule is CC.CCc1ccc2cc(-c3ccc4cc(C(C)C)ccc4c3)ccc2c1. The highest BCUT2D eigenvalue weighted by molar-refractivity contribution is 5.91. The molecule has 4 rings (SSSR count). The summed E-state index contributed by atoms with van der Waals surface area (Å²) in [5.74, 6) is 0.567. The molecule has 0 spiro atoms. The van der Waals surface area contributed by atoms with Crippen LogP contribution in [-0.4, -0.2) is 0 Å². The Kier molecular flexibility index (Phi) is 5.96. The minimum Gasteiger partial charge on any atom is -0.0683 e. The van der Waals surface area contributed by atoms with Gasteiger partial charge in [0.25, 0.3) is 0 Å². The molecule has 0 aliphatic rings. The van der Waals surface area contributed by atoms with E-state index in [1.54, 1.807) is 0 Å². The molecule has 0 amide bonds. The highest BCUT2D eigenvalue weighted by Crippen LogP contribution is 2.29. The molecule has 0 aliphatic carbocycles. The summed E-state index contributed by atoms with van der Waals surface area (Å²) in [6.07, 6.45) is 1.08. The summed E-state index contributed by atoms with van der Waals surface area (Å²) in [7, 11) is 0. The van der Waals surface area contributed by atoms with Gasteiger partial charge in [-0.3, -0.25) is 0 Å². The molecule has 4 aromatic rings. The van der Waals surface area contributed by atoms with E-state index >= 15 is 0 Å². The molecule has 0 heterocycles.